The number of aliphatic hydroxyl groups is 2. The van der Waals surface area contributed by atoms with Gasteiger partial charge in [0.15, 0.2) is 0 Å². The number of ether oxygens (including phenoxy) is 2. The van der Waals surface area contributed by atoms with Crippen LogP contribution in [0.4, 0.5) is 0 Å². The van der Waals surface area contributed by atoms with Crippen LogP contribution in [0.3, 0.4) is 0 Å². The first-order valence-electron chi connectivity index (χ1n) is 22.9. The summed E-state index contributed by atoms with van der Waals surface area (Å²) in [5, 5.41) is 18.4. The SMILES string of the molecule is CC/C=C\C/C=C\C/C=C\C/C=C\C/C=C\CCCCCCOCC(COP(=O)(O)OCC(O)CO)OC(=O)CCCCCCCC/C=C\C/C=C\C/C=C\C/C=C\CC. The van der Waals surface area contributed by atoms with E-state index in [4.69, 9.17) is 23.6 Å². The molecule has 0 bridgehead atoms. The van der Waals surface area contributed by atoms with E-state index in [1.165, 1.54) is 0 Å². The van der Waals surface area contributed by atoms with E-state index in [0.717, 1.165) is 128 Å². The molecule has 0 radical (unpaired) electrons. The fraction of sp³-hybridized carbons (Fsp3) is 0.620. The zero-order chi connectivity index (χ0) is 43.9. The fourth-order valence-corrected chi connectivity index (χ4v) is 6.34. The van der Waals surface area contributed by atoms with Crippen molar-refractivity contribution in [2.45, 2.75) is 167 Å². The van der Waals surface area contributed by atoms with Crippen LogP contribution >= 0.6 is 7.82 Å². The lowest BCUT2D eigenvalue weighted by molar-refractivity contribution is -0.154. The quantitative estimate of drug-likeness (QED) is 0.0238. The van der Waals surface area contributed by atoms with Crippen molar-refractivity contribution in [2.75, 3.05) is 33.0 Å². The molecule has 0 fully saturated rings. The zero-order valence-corrected chi connectivity index (χ0v) is 38.3. The van der Waals surface area contributed by atoms with Crippen molar-refractivity contribution in [3.63, 3.8) is 0 Å². The molecule has 0 saturated heterocycles. The van der Waals surface area contributed by atoms with Gasteiger partial charge in [0.25, 0.3) is 0 Å². The molecule has 60 heavy (non-hydrogen) atoms. The maximum Gasteiger partial charge on any atom is 0.472 e. The Kier molecular flexibility index (Phi) is 43.5. The number of allylic oxidation sites excluding steroid dienone is 18. The van der Waals surface area contributed by atoms with Gasteiger partial charge in [-0.25, -0.2) is 4.57 Å². The van der Waals surface area contributed by atoms with Gasteiger partial charge in [0.05, 0.1) is 26.4 Å². The summed E-state index contributed by atoms with van der Waals surface area (Å²) in [6.45, 7) is 3.18. The molecule has 0 spiro atoms. The number of hydrogen-bond donors (Lipinski definition) is 3. The lowest BCUT2D eigenvalue weighted by Crippen LogP contribution is -2.29. The first-order chi connectivity index (χ1) is 29.3. The van der Waals surface area contributed by atoms with Crippen LogP contribution in [-0.4, -0.2) is 66.3 Å². The van der Waals surface area contributed by atoms with Crippen molar-refractivity contribution in [1.29, 1.82) is 0 Å². The lowest BCUT2D eigenvalue weighted by Gasteiger charge is -2.20. The number of carbonyl (C=O) groups is 1. The maximum absolute atomic E-state index is 12.6. The number of aliphatic hydroxyl groups excluding tert-OH is 2. The highest BCUT2D eigenvalue weighted by molar-refractivity contribution is 7.47. The van der Waals surface area contributed by atoms with Gasteiger partial charge in [-0.2, -0.15) is 0 Å². The van der Waals surface area contributed by atoms with Crippen LogP contribution in [0.1, 0.15) is 155 Å². The molecule has 0 rings (SSSR count). The molecular weight excluding hydrogens is 776 g/mol. The van der Waals surface area contributed by atoms with Crippen LogP contribution < -0.4 is 0 Å². The Morgan fingerprint density at radius 2 is 0.900 bits per heavy atom. The van der Waals surface area contributed by atoms with E-state index in [1.807, 2.05) is 0 Å². The van der Waals surface area contributed by atoms with Gasteiger partial charge in [0.2, 0.25) is 0 Å². The van der Waals surface area contributed by atoms with Crippen molar-refractivity contribution < 1.29 is 43.0 Å². The lowest BCUT2D eigenvalue weighted by atomic mass is 10.1. The van der Waals surface area contributed by atoms with Gasteiger partial charge in [-0.3, -0.25) is 13.8 Å². The number of rotatable bonds is 42. The number of esters is 1. The predicted octanol–water partition coefficient (Wildman–Crippen LogP) is 13.0. The highest BCUT2D eigenvalue weighted by Crippen LogP contribution is 2.43. The van der Waals surface area contributed by atoms with Crippen LogP contribution in [0.25, 0.3) is 0 Å². The molecule has 0 aromatic rings. The first kappa shape index (κ1) is 57.1. The third-order valence-electron chi connectivity index (χ3n) is 8.95. The predicted molar refractivity (Wildman–Crippen MR) is 251 cm³/mol. The molecule has 0 saturated carbocycles. The van der Waals surface area contributed by atoms with E-state index in [-0.39, 0.29) is 13.0 Å². The number of phosphoric ester groups is 1. The minimum Gasteiger partial charge on any atom is -0.457 e. The molecular formula is C50H83O9P. The Bertz CT molecular complexity index is 1290. The average molecular weight is 859 g/mol. The summed E-state index contributed by atoms with van der Waals surface area (Å²) >= 11 is 0. The van der Waals surface area contributed by atoms with Gasteiger partial charge in [0, 0.05) is 13.0 Å². The van der Waals surface area contributed by atoms with E-state index in [2.05, 4.69) is 123 Å². The molecule has 0 aliphatic carbocycles. The second-order valence-corrected chi connectivity index (χ2v) is 16.1. The van der Waals surface area contributed by atoms with Crippen LogP contribution in [0, 0.1) is 0 Å². The second-order valence-electron chi connectivity index (χ2n) is 14.7. The van der Waals surface area contributed by atoms with E-state index in [9.17, 15) is 19.4 Å². The fourth-order valence-electron chi connectivity index (χ4n) is 5.55. The Hall–Kier alpha value is -2.88. The highest BCUT2D eigenvalue weighted by atomic mass is 31.2. The Morgan fingerprint density at radius 1 is 0.517 bits per heavy atom. The second kappa shape index (κ2) is 45.6. The zero-order valence-electron chi connectivity index (χ0n) is 37.4. The average Bonchev–Trinajstić information content (AvgIpc) is 3.24. The monoisotopic (exact) mass is 859 g/mol. The van der Waals surface area contributed by atoms with E-state index in [0.29, 0.717) is 13.0 Å². The van der Waals surface area contributed by atoms with Crippen molar-refractivity contribution in [3.8, 4) is 0 Å². The van der Waals surface area contributed by atoms with E-state index >= 15 is 0 Å². The molecule has 3 atom stereocenters. The summed E-state index contributed by atoms with van der Waals surface area (Å²) < 4.78 is 33.4. The molecule has 342 valence electrons. The summed E-state index contributed by atoms with van der Waals surface area (Å²) in [5.74, 6) is -0.411. The smallest absolute Gasteiger partial charge is 0.457 e. The summed E-state index contributed by atoms with van der Waals surface area (Å²) in [5.41, 5.74) is 0. The van der Waals surface area contributed by atoms with Crippen molar-refractivity contribution in [1.82, 2.24) is 0 Å². The standard InChI is InChI=1S/C50H83O9P/c1-3-5-7-9-11-13-15-17-19-21-23-25-27-29-31-33-35-37-39-41-43-56-46-49(47-58-60(54,55)57-45-48(52)44-51)59-50(53)42-40-38-36-34-32-30-28-26-24-22-20-18-16-14-12-10-8-6-4-2/h5-8,11-14,17-20,23-26,29,31,48-49,51-52H,3-4,9-10,15-16,21-22,27-28,30,32-47H2,1-2H3,(H,54,55)/b7-5-,8-6-,13-11-,14-12-,19-17-,20-18-,25-23-,26-24-,31-29-. The van der Waals surface area contributed by atoms with Crippen molar-refractivity contribution >= 4 is 13.8 Å². The molecule has 0 aliphatic rings. The molecule has 10 heteroatoms. The number of unbranched alkanes of at least 4 members (excludes halogenated alkanes) is 10. The largest absolute Gasteiger partial charge is 0.472 e. The van der Waals surface area contributed by atoms with Gasteiger partial charge in [-0.1, -0.05) is 162 Å². The number of carbonyl (C=O) groups excluding carboxylic acids is 1. The highest BCUT2D eigenvalue weighted by Gasteiger charge is 2.26. The number of hydrogen-bond acceptors (Lipinski definition) is 8. The Balaban J connectivity index is 4.26. The Labute approximate surface area is 365 Å². The van der Waals surface area contributed by atoms with Gasteiger partial charge in [-0.05, 0) is 96.3 Å². The normalized spacial score (nSPS) is 14.9. The van der Waals surface area contributed by atoms with Crippen molar-refractivity contribution in [2.24, 2.45) is 0 Å². The summed E-state index contributed by atoms with van der Waals surface area (Å²) in [7, 11) is -4.54. The third kappa shape index (κ3) is 44.7. The van der Waals surface area contributed by atoms with E-state index < -0.39 is 45.8 Å². The van der Waals surface area contributed by atoms with Crippen LogP contribution in [0.5, 0.6) is 0 Å². The molecule has 9 nitrogen and oxygen atoms in total. The molecule has 0 aliphatic heterocycles. The summed E-state index contributed by atoms with van der Waals surface area (Å²) in [6, 6.07) is 0. The van der Waals surface area contributed by atoms with Gasteiger partial charge < -0.3 is 24.6 Å². The van der Waals surface area contributed by atoms with Crippen LogP contribution in [-0.2, 0) is 27.9 Å². The van der Waals surface area contributed by atoms with E-state index in [1.54, 1.807) is 0 Å². The molecule has 3 unspecified atom stereocenters. The van der Waals surface area contributed by atoms with Gasteiger partial charge >= 0.3 is 13.8 Å². The Morgan fingerprint density at radius 3 is 1.35 bits per heavy atom. The molecule has 3 N–H and O–H groups in total. The van der Waals surface area contributed by atoms with Gasteiger partial charge in [0.1, 0.15) is 12.2 Å². The molecule has 0 amide bonds. The third-order valence-corrected chi connectivity index (χ3v) is 9.90. The topological polar surface area (TPSA) is 132 Å². The van der Waals surface area contributed by atoms with Crippen molar-refractivity contribution in [3.05, 3.63) is 109 Å². The summed E-state index contributed by atoms with van der Waals surface area (Å²) in [4.78, 5) is 22.6. The number of phosphoric acid groups is 1. The van der Waals surface area contributed by atoms with Crippen LogP contribution in [0.15, 0.2) is 109 Å². The van der Waals surface area contributed by atoms with Gasteiger partial charge in [-0.15, -0.1) is 0 Å². The first-order valence-corrected chi connectivity index (χ1v) is 24.4. The minimum atomic E-state index is -4.54. The minimum absolute atomic E-state index is 0.0182. The molecule has 0 aromatic carbocycles. The molecule has 0 heterocycles. The molecule has 0 aromatic heterocycles. The summed E-state index contributed by atoms with van der Waals surface area (Å²) in [6.07, 6.45) is 59.0. The maximum atomic E-state index is 12.6. The van der Waals surface area contributed by atoms with Crippen LogP contribution in [0.2, 0.25) is 0 Å².